The van der Waals surface area contributed by atoms with Crippen LogP contribution < -0.4 is 4.74 Å². The quantitative estimate of drug-likeness (QED) is 0.827. The van der Waals surface area contributed by atoms with Crippen LogP contribution in [-0.4, -0.2) is 53.4 Å². The van der Waals surface area contributed by atoms with Gasteiger partial charge < -0.3 is 19.1 Å². The second-order valence-electron chi connectivity index (χ2n) is 6.61. The monoisotopic (exact) mass is 323 g/mol. The van der Waals surface area contributed by atoms with Gasteiger partial charge in [-0.2, -0.15) is 0 Å². The highest BCUT2D eigenvalue weighted by Crippen LogP contribution is 2.20. The Kier molecular flexibility index (Phi) is 5.76. The van der Waals surface area contributed by atoms with Crippen LogP contribution in [0.4, 0.5) is 4.79 Å². The van der Waals surface area contributed by atoms with E-state index in [1.165, 1.54) is 0 Å². The van der Waals surface area contributed by atoms with Gasteiger partial charge in [-0.1, -0.05) is 0 Å². The summed E-state index contributed by atoms with van der Waals surface area (Å²) in [6.45, 7) is 7.89. The summed E-state index contributed by atoms with van der Waals surface area (Å²) in [5.41, 5.74) is 0.214. The van der Waals surface area contributed by atoms with Crippen molar-refractivity contribution in [1.29, 1.82) is 0 Å². The lowest BCUT2D eigenvalue weighted by Gasteiger charge is -2.24. The molecule has 0 aliphatic carbocycles. The van der Waals surface area contributed by atoms with Crippen LogP contribution in [-0.2, 0) is 16.1 Å². The molecule has 2 heterocycles. The van der Waals surface area contributed by atoms with E-state index in [4.69, 9.17) is 14.2 Å². The maximum Gasteiger partial charge on any atom is 0.410 e. The average Bonchev–Trinajstić information content (AvgIpc) is 2.95. The van der Waals surface area contributed by atoms with Crippen LogP contribution in [0.5, 0.6) is 5.88 Å². The lowest BCUT2D eigenvalue weighted by molar-refractivity contribution is 0.0270. The van der Waals surface area contributed by atoms with Gasteiger partial charge in [0.25, 0.3) is 0 Å². The number of carbonyl (C=O) groups excluding carboxylic acids is 1. The number of hydrogen-bond donors (Lipinski definition) is 0. The van der Waals surface area contributed by atoms with Crippen molar-refractivity contribution < 1.29 is 19.0 Å². The third kappa shape index (κ3) is 5.35. The summed E-state index contributed by atoms with van der Waals surface area (Å²) in [5, 5.41) is 0. The maximum atomic E-state index is 12.0. The van der Waals surface area contributed by atoms with E-state index >= 15 is 0 Å². The van der Waals surface area contributed by atoms with Crippen molar-refractivity contribution in [3.05, 3.63) is 18.1 Å². The number of likely N-dealkylation sites (tertiary alicyclic amines) is 1. The molecule has 23 heavy (non-hydrogen) atoms. The van der Waals surface area contributed by atoms with Crippen molar-refractivity contribution in [2.45, 2.75) is 39.4 Å². The molecule has 0 unspecified atom stereocenters. The zero-order valence-corrected chi connectivity index (χ0v) is 14.2. The van der Waals surface area contributed by atoms with Gasteiger partial charge in [0.05, 0.1) is 20.3 Å². The number of ether oxygens (including phenoxy) is 3. The van der Waals surface area contributed by atoms with E-state index in [0.29, 0.717) is 43.8 Å². The Hall–Kier alpha value is -1.89. The fourth-order valence-electron chi connectivity index (χ4n) is 2.41. The molecular formula is C16H25N3O4. The predicted molar refractivity (Wildman–Crippen MR) is 84.2 cm³/mol. The van der Waals surface area contributed by atoms with Crippen LogP contribution in [0.15, 0.2) is 12.4 Å². The molecule has 1 aromatic heterocycles. The van der Waals surface area contributed by atoms with Crippen LogP contribution >= 0.6 is 0 Å². The van der Waals surface area contributed by atoms with Gasteiger partial charge in [0, 0.05) is 31.4 Å². The maximum absolute atomic E-state index is 12.0. The fraction of sp³-hybridized carbons (Fsp3) is 0.688. The molecule has 0 bridgehead atoms. The minimum Gasteiger partial charge on any atom is -0.480 e. The summed E-state index contributed by atoms with van der Waals surface area (Å²) in [6, 6.07) is 0. The zero-order chi connectivity index (χ0) is 16.9. The number of carbonyl (C=O) groups is 1. The molecule has 1 amide bonds. The van der Waals surface area contributed by atoms with Gasteiger partial charge in [0.1, 0.15) is 11.3 Å². The summed E-state index contributed by atoms with van der Waals surface area (Å²) in [6.07, 6.45) is 3.85. The van der Waals surface area contributed by atoms with E-state index in [0.717, 1.165) is 6.42 Å². The first-order chi connectivity index (χ1) is 10.9. The van der Waals surface area contributed by atoms with E-state index in [2.05, 4.69) is 9.97 Å². The van der Waals surface area contributed by atoms with E-state index in [1.54, 1.807) is 24.4 Å². The molecule has 128 valence electrons. The third-order valence-electron chi connectivity index (χ3n) is 3.46. The molecule has 0 spiro atoms. The molecule has 7 heteroatoms. The molecule has 2 rings (SSSR count). The number of hydrogen-bond acceptors (Lipinski definition) is 6. The van der Waals surface area contributed by atoms with Gasteiger partial charge in [-0.05, 0) is 27.2 Å². The van der Waals surface area contributed by atoms with Crippen LogP contribution in [0.25, 0.3) is 0 Å². The number of aromatic nitrogens is 2. The highest BCUT2D eigenvalue weighted by Gasteiger charge is 2.29. The Morgan fingerprint density at radius 3 is 2.78 bits per heavy atom. The first-order valence-corrected chi connectivity index (χ1v) is 7.78. The zero-order valence-electron chi connectivity index (χ0n) is 14.2. The summed E-state index contributed by atoms with van der Waals surface area (Å²) in [5.74, 6) is 0.791. The second kappa shape index (κ2) is 7.59. The smallest absolute Gasteiger partial charge is 0.410 e. The first-order valence-electron chi connectivity index (χ1n) is 7.78. The van der Waals surface area contributed by atoms with E-state index < -0.39 is 5.60 Å². The molecule has 1 aromatic rings. The van der Waals surface area contributed by atoms with Crippen LogP contribution in [0.3, 0.4) is 0 Å². The highest BCUT2D eigenvalue weighted by molar-refractivity contribution is 5.68. The van der Waals surface area contributed by atoms with Gasteiger partial charge in [0.2, 0.25) is 5.88 Å². The minimum atomic E-state index is -0.464. The average molecular weight is 323 g/mol. The van der Waals surface area contributed by atoms with Crippen LogP contribution in [0.2, 0.25) is 0 Å². The van der Waals surface area contributed by atoms with Crippen molar-refractivity contribution in [3.8, 4) is 5.88 Å². The highest BCUT2D eigenvalue weighted by atomic mass is 16.6. The Labute approximate surface area is 137 Å². The Morgan fingerprint density at radius 1 is 1.35 bits per heavy atom. The second-order valence-corrected chi connectivity index (χ2v) is 6.61. The lowest BCUT2D eigenvalue weighted by Crippen LogP contribution is -2.35. The fourth-order valence-corrected chi connectivity index (χ4v) is 2.41. The van der Waals surface area contributed by atoms with Crippen LogP contribution in [0.1, 0.15) is 32.9 Å². The minimum absolute atomic E-state index is 0.254. The summed E-state index contributed by atoms with van der Waals surface area (Å²) in [4.78, 5) is 22.0. The molecule has 1 atom stereocenters. The van der Waals surface area contributed by atoms with Crippen molar-refractivity contribution in [2.75, 3.05) is 26.8 Å². The number of amides is 1. The normalized spacial score (nSPS) is 18.1. The molecule has 0 aromatic carbocycles. The van der Waals surface area contributed by atoms with Crippen molar-refractivity contribution in [3.63, 3.8) is 0 Å². The molecule has 1 saturated heterocycles. The summed E-state index contributed by atoms with van der Waals surface area (Å²) in [7, 11) is 1.56. The predicted octanol–water partition coefficient (Wildman–Crippen LogP) is 2.26. The lowest BCUT2D eigenvalue weighted by atomic mass is 10.1. The molecule has 0 saturated carbocycles. The molecule has 1 fully saturated rings. The molecule has 0 radical (unpaired) electrons. The van der Waals surface area contributed by atoms with Crippen LogP contribution in [0, 0.1) is 5.92 Å². The largest absolute Gasteiger partial charge is 0.480 e. The summed E-state index contributed by atoms with van der Waals surface area (Å²) >= 11 is 0. The van der Waals surface area contributed by atoms with Gasteiger partial charge in [-0.3, -0.25) is 4.98 Å². The summed E-state index contributed by atoms with van der Waals surface area (Å²) < 4.78 is 16.2. The Bertz CT molecular complexity index is 530. The molecule has 7 nitrogen and oxygen atoms in total. The first kappa shape index (κ1) is 17.5. The molecular weight excluding hydrogens is 298 g/mol. The van der Waals surface area contributed by atoms with E-state index in [9.17, 15) is 4.79 Å². The SMILES string of the molecule is COc1nccnc1COC[C@@H]1CCN(C(=O)OC(C)(C)C)C1. The van der Waals surface area contributed by atoms with Gasteiger partial charge in [-0.25, -0.2) is 9.78 Å². The molecule has 1 aliphatic heterocycles. The van der Waals surface area contributed by atoms with Crippen molar-refractivity contribution >= 4 is 6.09 Å². The van der Waals surface area contributed by atoms with Gasteiger partial charge in [0.15, 0.2) is 0 Å². The van der Waals surface area contributed by atoms with Crippen molar-refractivity contribution in [2.24, 2.45) is 5.92 Å². The van der Waals surface area contributed by atoms with E-state index in [-0.39, 0.29) is 6.09 Å². The van der Waals surface area contributed by atoms with Gasteiger partial charge in [-0.15, -0.1) is 0 Å². The topological polar surface area (TPSA) is 73.8 Å². The standard InChI is InChI=1S/C16H25N3O4/c1-16(2,3)23-15(20)19-8-5-12(9-19)10-22-11-13-14(21-4)18-7-6-17-13/h6-7,12H,5,8-11H2,1-4H3/t12-/m1/s1. The Morgan fingerprint density at radius 2 is 2.09 bits per heavy atom. The van der Waals surface area contributed by atoms with Gasteiger partial charge >= 0.3 is 6.09 Å². The molecule has 0 N–H and O–H groups in total. The Balaban J connectivity index is 1.75. The number of methoxy groups -OCH3 is 1. The third-order valence-corrected chi connectivity index (χ3v) is 3.46. The molecule has 1 aliphatic rings. The van der Waals surface area contributed by atoms with Crippen molar-refractivity contribution in [1.82, 2.24) is 14.9 Å². The number of nitrogens with zero attached hydrogens (tertiary/aromatic N) is 3. The van der Waals surface area contributed by atoms with E-state index in [1.807, 2.05) is 20.8 Å². The number of rotatable bonds is 5.